The highest BCUT2D eigenvalue weighted by molar-refractivity contribution is 6.31. The largest absolute Gasteiger partial charge is 0.380 e. The minimum absolute atomic E-state index is 0.00680. The lowest BCUT2D eigenvalue weighted by Gasteiger charge is -2.36. The summed E-state index contributed by atoms with van der Waals surface area (Å²) in [5, 5.41) is 14.0. The van der Waals surface area contributed by atoms with E-state index in [4.69, 9.17) is 21.3 Å². The van der Waals surface area contributed by atoms with Crippen molar-refractivity contribution in [1.29, 1.82) is 0 Å². The number of imidazole rings is 1. The molecule has 4 fully saturated rings. The summed E-state index contributed by atoms with van der Waals surface area (Å²) in [6.45, 7) is 2.73. The molecular weight excluding hydrogens is 685 g/mol. The van der Waals surface area contributed by atoms with Crippen molar-refractivity contribution in [1.82, 2.24) is 35.7 Å². The van der Waals surface area contributed by atoms with Crippen LogP contribution >= 0.6 is 11.6 Å². The fraction of sp³-hybridized carbons (Fsp3) is 0.513. The lowest BCUT2D eigenvalue weighted by molar-refractivity contribution is -0.134. The maximum Gasteiger partial charge on any atom is 0.270 e. The second kappa shape index (κ2) is 13.3. The van der Waals surface area contributed by atoms with Gasteiger partial charge in [0.15, 0.2) is 0 Å². The number of hydrogen-bond acceptors (Lipinski definition) is 6. The summed E-state index contributed by atoms with van der Waals surface area (Å²) in [5.41, 5.74) is 0.971. The van der Waals surface area contributed by atoms with Gasteiger partial charge in [-0.15, -0.1) is 0 Å². The highest BCUT2D eigenvalue weighted by Gasteiger charge is 2.51. The van der Waals surface area contributed by atoms with Crippen LogP contribution in [0.5, 0.6) is 0 Å². The average Bonchev–Trinajstić information content (AvgIpc) is 3.76. The van der Waals surface area contributed by atoms with Crippen LogP contribution in [0.4, 0.5) is 4.39 Å². The summed E-state index contributed by atoms with van der Waals surface area (Å²) in [6.07, 6.45) is 7.51. The van der Waals surface area contributed by atoms with Gasteiger partial charge in [-0.2, -0.15) is 5.10 Å². The lowest BCUT2D eigenvalue weighted by Crippen LogP contribution is -2.57. The van der Waals surface area contributed by atoms with Gasteiger partial charge in [-0.3, -0.25) is 19.1 Å². The second-order valence-corrected chi connectivity index (χ2v) is 16.1. The molecule has 4 N–H and O–H groups in total. The number of nitrogens with zero attached hydrogens (tertiary/aromatic N) is 3. The van der Waals surface area contributed by atoms with Crippen LogP contribution in [0.3, 0.4) is 0 Å². The second-order valence-electron chi connectivity index (χ2n) is 15.7. The molecule has 0 bridgehead atoms. The van der Waals surface area contributed by atoms with Crippen LogP contribution < -0.4 is 16.0 Å². The predicted octanol–water partition coefficient (Wildman–Crippen LogP) is 5.57. The van der Waals surface area contributed by atoms with Crippen molar-refractivity contribution in [3.05, 3.63) is 82.4 Å². The number of aromatic amines is 1. The Balaban J connectivity index is 1.13. The van der Waals surface area contributed by atoms with Crippen LogP contribution in [0.15, 0.2) is 54.7 Å². The first-order chi connectivity index (χ1) is 25.0. The molecule has 52 heavy (non-hydrogen) atoms. The molecule has 274 valence electrons. The fourth-order valence-electron chi connectivity index (χ4n) is 8.01. The van der Waals surface area contributed by atoms with E-state index < -0.39 is 23.2 Å². The van der Waals surface area contributed by atoms with Crippen molar-refractivity contribution in [2.45, 2.75) is 87.4 Å². The van der Waals surface area contributed by atoms with E-state index in [-0.39, 0.29) is 48.1 Å². The number of hydrogen-bond donors (Lipinski definition) is 4. The monoisotopic (exact) mass is 729 g/mol. The predicted molar refractivity (Wildman–Crippen MR) is 194 cm³/mol. The first kappa shape index (κ1) is 34.8. The molecule has 8 rings (SSSR count). The van der Waals surface area contributed by atoms with Gasteiger partial charge in [-0.25, -0.2) is 9.37 Å². The zero-order valence-electron chi connectivity index (χ0n) is 29.5. The summed E-state index contributed by atoms with van der Waals surface area (Å²) in [6, 6.07) is 13.8. The summed E-state index contributed by atoms with van der Waals surface area (Å²) >= 11 is 6.84. The number of aryl methyl sites for hydroxylation is 1. The first-order valence-corrected chi connectivity index (χ1v) is 18.8. The molecule has 1 unspecified atom stereocenters. The maximum absolute atomic E-state index is 14.4. The lowest BCUT2D eigenvalue weighted by atomic mass is 9.76. The standard InChI is InChI=1S/C39H45ClFN7O4/c1-37(13-14-37)30(25-8-3-4-9-26(25)40)32(46-34(49)29-12-18-43-48(29)2)33-44-27-11-10-24(20-28(27)45-33)39(17-19-52-22-39)36(51)47-31(23-6-5-7-23)35(50)42-21-38(41)15-16-38/h3-4,8-12,18,20,23,30-32H,5-7,13-17,19,21-22H2,1-2H3,(H,42,50)(H,44,45)(H,46,49)(H,47,51)/t30-,31+,32-,39?/m0/s1. The van der Waals surface area contributed by atoms with E-state index >= 15 is 0 Å². The number of benzene rings is 2. The van der Waals surface area contributed by atoms with E-state index in [0.29, 0.717) is 47.9 Å². The Morgan fingerprint density at radius 2 is 1.87 bits per heavy atom. The van der Waals surface area contributed by atoms with E-state index in [1.54, 1.807) is 24.0 Å². The highest BCUT2D eigenvalue weighted by atomic mass is 35.5. The van der Waals surface area contributed by atoms with Crippen LogP contribution in [0, 0.1) is 11.3 Å². The van der Waals surface area contributed by atoms with Gasteiger partial charge in [0, 0.05) is 30.8 Å². The zero-order valence-corrected chi connectivity index (χ0v) is 30.3. The molecule has 1 aliphatic heterocycles. The third-order valence-electron chi connectivity index (χ3n) is 12.1. The Kier molecular flexibility index (Phi) is 8.89. The number of fused-ring (bicyclic) bond motifs is 1. The molecule has 1 saturated heterocycles. The van der Waals surface area contributed by atoms with Gasteiger partial charge in [-0.1, -0.05) is 49.2 Å². The molecule has 3 aliphatic carbocycles. The molecule has 3 heterocycles. The summed E-state index contributed by atoms with van der Waals surface area (Å²) in [4.78, 5) is 50.0. The number of carbonyl (C=O) groups is 3. The summed E-state index contributed by atoms with van der Waals surface area (Å²) in [5.74, 6) is -0.511. The Labute approximate surface area is 306 Å². The SMILES string of the molecule is Cn1nccc1C(=O)N[C@H](c1nc2cc(C3(C(=O)N[C@@H](C(=O)NCC4(F)CC4)C4CCC4)CCOC3)ccc2[nH]1)[C@H](c1ccccc1Cl)C1(C)CC1. The van der Waals surface area contributed by atoms with E-state index in [2.05, 4.69) is 33.0 Å². The third kappa shape index (κ3) is 6.48. The smallest absolute Gasteiger partial charge is 0.270 e. The van der Waals surface area contributed by atoms with Crippen LogP contribution in [0.2, 0.25) is 5.02 Å². The van der Waals surface area contributed by atoms with Crippen LogP contribution in [-0.2, 0) is 26.8 Å². The molecule has 3 saturated carbocycles. The maximum atomic E-state index is 14.4. The van der Waals surface area contributed by atoms with Crippen molar-refractivity contribution >= 4 is 40.4 Å². The first-order valence-electron chi connectivity index (χ1n) is 18.4. The van der Waals surface area contributed by atoms with Gasteiger partial charge in [0.2, 0.25) is 11.8 Å². The topological polar surface area (TPSA) is 143 Å². The average molecular weight is 730 g/mol. The van der Waals surface area contributed by atoms with E-state index in [1.807, 2.05) is 42.5 Å². The molecule has 3 amide bonds. The van der Waals surface area contributed by atoms with Crippen LogP contribution in [0.25, 0.3) is 11.0 Å². The number of halogens is 2. The zero-order chi connectivity index (χ0) is 36.3. The van der Waals surface area contributed by atoms with Crippen molar-refractivity contribution in [3.8, 4) is 0 Å². The highest BCUT2D eigenvalue weighted by Crippen LogP contribution is 2.60. The minimum Gasteiger partial charge on any atom is -0.380 e. The quantitative estimate of drug-likeness (QED) is 0.142. The number of alkyl halides is 1. The molecule has 2 aromatic carbocycles. The molecular formula is C39H45ClFN7O4. The molecule has 0 spiro atoms. The Bertz CT molecular complexity index is 2010. The molecule has 4 atom stereocenters. The van der Waals surface area contributed by atoms with Gasteiger partial charge in [0.1, 0.15) is 23.2 Å². The normalized spacial score (nSPS) is 23.3. The number of H-pyrrole nitrogens is 1. The van der Waals surface area contributed by atoms with Gasteiger partial charge < -0.3 is 25.7 Å². The number of amides is 3. The van der Waals surface area contributed by atoms with Crippen molar-refractivity contribution in [3.63, 3.8) is 0 Å². The molecule has 13 heteroatoms. The third-order valence-corrected chi connectivity index (χ3v) is 12.4. The van der Waals surface area contributed by atoms with Crippen LogP contribution in [-0.4, -0.2) is 68.9 Å². The molecule has 11 nitrogen and oxygen atoms in total. The summed E-state index contributed by atoms with van der Waals surface area (Å²) in [7, 11) is 1.73. The van der Waals surface area contributed by atoms with Gasteiger partial charge in [-0.05, 0) is 91.7 Å². The molecule has 4 aromatic rings. The van der Waals surface area contributed by atoms with Crippen molar-refractivity contribution in [2.75, 3.05) is 19.8 Å². The fourth-order valence-corrected chi connectivity index (χ4v) is 8.26. The van der Waals surface area contributed by atoms with Gasteiger partial charge in [0.05, 0.1) is 35.6 Å². The van der Waals surface area contributed by atoms with Crippen molar-refractivity contribution < 1.29 is 23.5 Å². The Morgan fingerprint density at radius 3 is 2.50 bits per heavy atom. The number of nitrogens with one attached hydrogen (secondary N) is 4. The molecule has 0 radical (unpaired) electrons. The Hall–Kier alpha value is -4.29. The molecule has 4 aliphatic rings. The Morgan fingerprint density at radius 1 is 1.08 bits per heavy atom. The number of ether oxygens (including phenoxy) is 1. The van der Waals surface area contributed by atoms with E-state index in [0.717, 1.165) is 48.7 Å². The number of aromatic nitrogens is 4. The number of carbonyl (C=O) groups excluding carboxylic acids is 3. The van der Waals surface area contributed by atoms with Gasteiger partial charge in [0.25, 0.3) is 5.91 Å². The van der Waals surface area contributed by atoms with E-state index in [9.17, 15) is 18.8 Å². The van der Waals surface area contributed by atoms with Crippen molar-refractivity contribution in [2.24, 2.45) is 18.4 Å². The number of rotatable bonds is 13. The van der Waals surface area contributed by atoms with Crippen LogP contribution in [0.1, 0.15) is 97.7 Å². The van der Waals surface area contributed by atoms with E-state index in [1.165, 1.54) is 0 Å². The van der Waals surface area contributed by atoms with Gasteiger partial charge >= 0.3 is 0 Å². The minimum atomic E-state index is -1.33. The molecule has 2 aromatic heterocycles. The summed E-state index contributed by atoms with van der Waals surface area (Å²) < 4.78 is 21.8.